The van der Waals surface area contributed by atoms with Crippen LogP contribution in [0.5, 0.6) is 11.5 Å². The zero-order valence-electron chi connectivity index (χ0n) is 14.4. The standard InChI is InChI=1S/C20H23NO4/c1-2-19(22)16-9-11-18(12-10-16)25-15-20(23)21-13-6-14-24-17-7-4-3-5-8-17/h3-5,7-12H,2,6,13-15H2,1H3,(H,21,23). The van der Waals surface area contributed by atoms with Crippen molar-refractivity contribution in [3.63, 3.8) is 0 Å². The summed E-state index contributed by atoms with van der Waals surface area (Å²) in [5.41, 5.74) is 0.651. The molecular formula is C20H23NO4. The van der Waals surface area contributed by atoms with Crippen LogP contribution in [0.1, 0.15) is 30.1 Å². The van der Waals surface area contributed by atoms with E-state index >= 15 is 0 Å². The number of carbonyl (C=O) groups excluding carboxylic acids is 2. The maximum Gasteiger partial charge on any atom is 0.257 e. The summed E-state index contributed by atoms with van der Waals surface area (Å²) in [6.07, 6.45) is 1.19. The van der Waals surface area contributed by atoms with Crippen LogP contribution in [0.15, 0.2) is 54.6 Å². The number of ether oxygens (including phenoxy) is 2. The van der Waals surface area contributed by atoms with E-state index in [9.17, 15) is 9.59 Å². The quantitative estimate of drug-likeness (QED) is 0.532. The molecule has 5 nitrogen and oxygen atoms in total. The summed E-state index contributed by atoms with van der Waals surface area (Å²) in [5.74, 6) is 1.29. The lowest BCUT2D eigenvalue weighted by molar-refractivity contribution is -0.123. The van der Waals surface area contributed by atoms with Crippen molar-refractivity contribution in [2.24, 2.45) is 0 Å². The first kappa shape index (κ1) is 18.5. The maximum absolute atomic E-state index is 11.7. The van der Waals surface area contributed by atoms with Gasteiger partial charge < -0.3 is 14.8 Å². The third kappa shape index (κ3) is 6.67. The maximum atomic E-state index is 11.7. The minimum absolute atomic E-state index is 0.0549. The molecule has 0 saturated carbocycles. The fraction of sp³-hybridized carbons (Fsp3) is 0.300. The van der Waals surface area contributed by atoms with Gasteiger partial charge in [-0.2, -0.15) is 0 Å². The third-order valence-electron chi connectivity index (χ3n) is 3.52. The van der Waals surface area contributed by atoms with Gasteiger partial charge in [0, 0.05) is 18.5 Å². The molecule has 0 unspecified atom stereocenters. The molecule has 1 amide bonds. The Morgan fingerprint density at radius 3 is 2.28 bits per heavy atom. The molecule has 0 aliphatic rings. The highest BCUT2D eigenvalue weighted by Crippen LogP contribution is 2.13. The molecule has 0 radical (unpaired) electrons. The van der Waals surface area contributed by atoms with E-state index in [4.69, 9.17) is 9.47 Å². The molecule has 0 fully saturated rings. The van der Waals surface area contributed by atoms with Crippen molar-refractivity contribution in [1.29, 1.82) is 0 Å². The number of amides is 1. The van der Waals surface area contributed by atoms with Crippen LogP contribution in [-0.4, -0.2) is 31.4 Å². The van der Waals surface area contributed by atoms with Crippen molar-refractivity contribution >= 4 is 11.7 Å². The van der Waals surface area contributed by atoms with Crippen LogP contribution < -0.4 is 14.8 Å². The van der Waals surface area contributed by atoms with Gasteiger partial charge in [0.2, 0.25) is 0 Å². The Hall–Kier alpha value is -2.82. The van der Waals surface area contributed by atoms with Crippen LogP contribution in [0.4, 0.5) is 0 Å². The summed E-state index contributed by atoms with van der Waals surface area (Å²) in [7, 11) is 0. The highest BCUT2D eigenvalue weighted by atomic mass is 16.5. The van der Waals surface area contributed by atoms with Crippen LogP contribution in [0.3, 0.4) is 0 Å². The van der Waals surface area contributed by atoms with Crippen molar-refractivity contribution in [2.75, 3.05) is 19.8 Å². The molecule has 132 valence electrons. The van der Waals surface area contributed by atoms with Crippen LogP contribution >= 0.6 is 0 Å². The molecule has 2 rings (SSSR count). The highest BCUT2D eigenvalue weighted by Gasteiger charge is 2.05. The first-order valence-corrected chi connectivity index (χ1v) is 8.39. The molecule has 0 heterocycles. The summed E-state index contributed by atoms with van der Waals surface area (Å²) in [4.78, 5) is 23.3. The van der Waals surface area contributed by atoms with E-state index in [-0.39, 0.29) is 18.3 Å². The molecule has 0 atom stereocenters. The van der Waals surface area contributed by atoms with Gasteiger partial charge in [-0.05, 0) is 42.8 Å². The summed E-state index contributed by atoms with van der Waals surface area (Å²) < 4.78 is 11.0. The molecule has 0 spiro atoms. The summed E-state index contributed by atoms with van der Waals surface area (Å²) in [6.45, 7) is 2.83. The molecule has 0 saturated heterocycles. The number of ketones is 1. The van der Waals surface area contributed by atoms with Crippen molar-refractivity contribution < 1.29 is 19.1 Å². The third-order valence-corrected chi connectivity index (χ3v) is 3.52. The minimum atomic E-state index is -0.187. The topological polar surface area (TPSA) is 64.6 Å². The second-order valence-electron chi connectivity index (χ2n) is 5.45. The Morgan fingerprint density at radius 1 is 0.920 bits per heavy atom. The van der Waals surface area contributed by atoms with Gasteiger partial charge in [-0.3, -0.25) is 9.59 Å². The molecule has 2 aromatic rings. The fourth-order valence-corrected chi connectivity index (χ4v) is 2.15. The molecular weight excluding hydrogens is 318 g/mol. The number of benzene rings is 2. The second kappa shape index (κ2) is 10.1. The van der Waals surface area contributed by atoms with E-state index < -0.39 is 0 Å². The molecule has 0 aliphatic heterocycles. The number of hydrogen-bond acceptors (Lipinski definition) is 4. The van der Waals surface area contributed by atoms with Crippen LogP contribution in [-0.2, 0) is 4.79 Å². The Kier molecular flexibility index (Phi) is 7.50. The number of Topliss-reactive ketones (excluding diaryl/α,β-unsaturated/α-hetero) is 1. The molecule has 2 aromatic carbocycles. The Labute approximate surface area is 148 Å². The molecule has 0 bridgehead atoms. The molecule has 0 aliphatic carbocycles. The van der Waals surface area contributed by atoms with Gasteiger partial charge in [-0.1, -0.05) is 25.1 Å². The highest BCUT2D eigenvalue weighted by molar-refractivity contribution is 5.95. The lowest BCUT2D eigenvalue weighted by atomic mass is 10.1. The van der Waals surface area contributed by atoms with E-state index in [1.807, 2.05) is 37.3 Å². The first-order chi connectivity index (χ1) is 12.2. The van der Waals surface area contributed by atoms with Gasteiger partial charge in [0.15, 0.2) is 12.4 Å². The second-order valence-corrected chi connectivity index (χ2v) is 5.45. The average molecular weight is 341 g/mol. The number of rotatable bonds is 10. The number of para-hydroxylation sites is 1. The number of carbonyl (C=O) groups is 2. The molecule has 25 heavy (non-hydrogen) atoms. The molecule has 1 N–H and O–H groups in total. The Morgan fingerprint density at radius 2 is 1.60 bits per heavy atom. The molecule has 5 heteroatoms. The van der Waals surface area contributed by atoms with Crippen LogP contribution in [0, 0.1) is 0 Å². The predicted octanol–water partition coefficient (Wildman–Crippen LogP) is 3.24. The van der Waals surface area contributed by atoms with E-state index in [1.165, 1.54) is 0 Å². The average Bonchev–Trinajstić information content (AvgIpc) is 2.66. The van der Waals surface area contributed by atoms with Crippen molar-refractivity contribution in [3.8, 4) is 11.5 Å². The van der Waals surface area contributed by atoms with Gasteiger partial charge in [-0.15, -0.1) is 0 Å². The Bertz CT molecular complexity index is 668. The summed E-state index contributed by atoms with van der Waals surface area (Å²) in [6, 6.07) is 16.4. The van der Waals surface area contributed by atoms with E-state index in [0.29, 0.717) is 37.3 Å². The van der Waals surface area contributed by atoms with E-state index in [2.05, 4.69) is 5.32 Å². The van der Waals surface area contributed by atoms with Crippen molar-refractivity contribution in [3.05, 3.63) is 60.2 Å². The van der Waals surface area contributed by atoms with Gasteiger partial charge in [0.1, 0.15) is 11.5 Å². The monoisotopic (exact) mass is 341 g/mol. The number of hydrogen-bond donors (Lipinski definition) is 1. The first-order valence-electron chi connectivity index (χ1n) is 8.39. The van der Waals surface area contributed by atoms with Gasteiger partial charge >= 0.3 is 0 Å². The van der Waals surface area contributed by atoms with Crippen molar-refractivity contribution in [2.45, 2.75) is 19.8 Å². The lowest BCUT2D eigenvalue weighted by Gasteiger charge is -2.09. The van der Waals surface area contributed by atoms with Gasteiger partial charge in [0.05, 0.1) is 6.61 Å². The molecule has 0 aromatic heterocycles. The van der Waals surface area contributed by atoms with Crippen LogP contribution in [0.2, 0.25) is 0 Å². The largest absolute Gasteiger partial charge is 0.494 e. The van der Waals surface area contributed by atoms with Crippen LogP contribution in [0.25, 0.3) is 0 Å². The minimum Gasteiger partial charge on any atom is -0.494 e. The smallest absolute Gasteiger partial charge is 0.257 e. The normalized spacial score (nSPS) is 10.1. The lowest BCUT2D eigenvalue weighted by Crippen LogP contribution is -2.30. The van der Waals surface area contributed by atoms with E-state index in [1.54, 1.807) is 24.3 Å². The zero-order valence-corrected chi connectivity index (χ0v) is 14.4. The summed E-state index contributed by atoms with van der Waals surface area (Å²) >= 11 is 0. The number of nitrogens with one attached hydrogen (secondary N) is 1. The zero-order chi connectivity index (χ0) is 17.9. The van der Waals surface area contributed by atoms with Gasteiger partial charge in [0.25, 0.3) is 5.91 Å². The fourth-order valence-electron chi connectivity index (χ4n) is 2.15. The van der Waals surface area contributed by atoms with Gasteiger partial charge in [-0.25, -0.2) is 0 Å². The predicted molar refractivity (Wildman–Crippen MR) is 96.1 cm³/mol. The van der Waals surface area contributed by atoms with E-state index in [0.717, 1.165) is 5.75 Å². The van der Waals surface area contributed by atoms with Crippen molar-refractivity contribution in [1.82, 2.24) is 5.32 Å². The Balaban J connectivity index is 1.60. The summed E-state index contributed by atoms with van der Waals surface area (Å²) in [5, 5.41) is 2.78. The SMILES string of the molecule is CCC(=O)c1ccc(OCC(=O)NCCCOc2ccccc2)cc1.